The molecule has 0 heteroatoms. The molecule has 0 N–H and O–H groups in total. The van der Waals surface area contributed by atoms with Crippen molar-refractivity contribution in [1.29, 1.82) is 0 Å². The molecule has 29 heavy (non-hydrogen) atoms. The number of fused-ring (bicyclic) bond motifs is 3. The van der Waals surface area contributed by atoms with Crippen LogP contribution in [0.15, 0.2) is 72.8 Å². The number of unbranched alkanes of at least 4 members (excludes halogenated alkanes) is 2. The highest BCUT2D eigenvalue weighted by Gasteiger charge is 2.38. The van der Waals surface area contributed by atoms with E-state index < -0.39 is 0 Å². The van der Waals surface area contributed by atoms with Crippen LogP contribution < -0.4 is 0 Å². The zero-order valence-corrected chi connectivity index (χ0v) is 19.7. The predicted octanol–water partition coefficient (Wildman–Crippen LogP) is 9.50. The third-order valence-corrected chi connectivity index (χ3v) is 4.71. The summed E-state index contributed by atoms with van der Waals surface area (Å²) in [5, 5.41) is 0. The molecule has 1 aliphatic carbocycles. The van der Waals surface area contributed by atoms with E-state index in [0.29, 0.717) is 0 Å². The summed E-state index contributed by atoms with van der Waals surface area (Å²) < 4.78 is 0. The molecule has 0 heterocycles. The van der Waals surface area contributed by atoms with Crippen molar-refractivity contribution in [1.82, 2.24) is 0 Å². The molecular weight excluding hydrogens is 348 g/mol. The fourth-order valence-electron chi connectivity index (χ4n) is 3.59. The van der Waals surface area contributed by atoms with Crippen molar-refractivity contribution < 1.29 is 0 Å². The van der Waals surface area contributed by atoms with E-state index in [0.717, 1.165) is 12.8 Å². The van der Waals surface area contributed by atoms with Crippen LogP contribution in [-0.4, -0.2) is 0 Å². The molecule has 0 amide bonds. The van der Waals surface area contributed by atoms with Crippen molar-refractivity contribution in [3.05, 3.63) is 84.0 Å². The molecule has 0 spiro atoms. The second-order valence-electron chi connectivity index (χ2n) is 7.76. The maximum absolute atomic E-state index is 2.42. The number of benzene rings is 2. The van der Waals surface area contributed by atoms with Gasteiger partial charge in [-0.2, -0.15) is 0 Å². The quantitative estimate of drug-likeness (QED) is 0.431. The average molecular weight is 391 g/mol. The molecule has 158 valence electrons. The van der Waals surface area contributed by atoms with E-state index in [1.165, 1.54) is 47.9 Å². The number of allylic oxidation sites excluding steroid dienone is 4. The van der Waals surface area contributed by atoms with Gasteiger partial charge >= 0.3 is 0 Å². The summed E-state index contributed by atoms with van der Waals surface area (Å²) in [5.74, 6) is 0. The third-order valence-electron chi connectivity index (χ3n) is 4.71. The maximum Gasteiger partial charge on any atom is 0.0574 e. The van der Waals surface area contributed by atoms with Gasteiger partial charge in [0.25, 0.3) is 0 Å². The second-order valence-corrected chi connectivity index (χ2v) is 7.76. The van der Waals surface area contributed by atoms with Gasteiger partial charge in [-0.25, -0.2) is 0 Å². The molecule has 2 aromatic carbocycles. The van der Waals surface area contributed by atoms with Crippen molar-refractivity contribution in [3.63, 3.8) is 0 Å². The van der Waals surface area contributed by atoms with Crippen LogP contribution in [0.3, 0.4) is 0 Å². The van der Waals surface area contributed by atoms with Crippen molar-refractivity contribution in [2.24, 2.45) is 0 Å². The molecule has 0 aliphatic heterocycles. The Bertz CT molecular complexity index is 683. The van der Waals surface area contributed by atoms with Gasteiger partial charge in [0, 0.05) is 0 Å². The summed E-state index contributed by atoms with van der Waals surface area (Å²) in [5.41, 5.74) is 5.50. The summed E-state index contributed by atoms with van der Waals surface area (Å²) in [6.45, 7) is 13.0. The number of hydrogen-bond donors (Lipinski definition) is 0. The largest absolute Gasteiger partial charge is 0.0870 e. The van der Waals surface area contributed by atoms with E-state index in [1.807, 2.05) is 0 Å². The zero-order valence-electron chi connectivity index (χ0n) is 19.7. The summed E-state index contributed by atoms with van der Waals surface area (Å²) >= 11 is 0. The Kier molecular flexibility index (Phi) is 12.0. The maximum atomic E-state index is 2.42. The van der Waals surface area contributed by atoms with Crippen molar-refractivity contribution in [2.45, 2.75) is 85.5 Å². The highest BCUT2D eigenvalue weighted by molar-refractivity contribution is 5.83. The van der Waals surface area contributed by atoms with E-state index in [9.17, 15) is 0 Å². The molecule has 3 rings (SSSR count). The van der Waals surface area contributed by atoms with Gasteiger partial charge in [0.05, 0.1) is 5.41 Å². The van der Waals surface area contributed by atoms with Gasteiger partial charge in [0.15, 0.2) is 0 Å². The van der Waals surface area contributed by atoms with Crippen LogP contribution >= 0.6 is 0 Å². The molecule has 2 aromatic rings. The normalized spacial score (nSPS) is 13.3. The van der Waals surface area contributed by atoms with E-state index in [1.54, 1.807) is 0 Å². The van der Waals surface area contributed by atoms with E-state index in [2.05, 4.69) is 114 Å². The van der Waals surface area contributed by atoms with Gasteiger partial charge in [-0.05, 0) is 35.1 Å². The molecule has 0 aromatic heterocycles. The van der Waals surface area contributed by atoms with Gasteiger partial charge in [-0.3, -0.25) is 0 Å². The van der Waals surface area contributed by atoms with Crippen LogP contribution in [0.5, 0.6) is 0 Å². The van der Waals surface area contributed by atoms with Gasteiger partial charge in [-0.1, -0.05) is 140 Å². The topological polar surface area (TPSA) is 0 Å². The van der Waals surface area contributed by atoms with Gasteiger partial charge in [-0.15, -0.1) is 0 Å². The SMILES string of the molecule is CCC.CCC.CCCC=CC1(C=CCCC)c2ccccc2-c2ccccc21. The minimum atomic E-state index is -0.0997. The highest BCUT2D eigenvalue weighted by Crippen LogP contribution is 2.50. The third kappa shape index (κ3) is 6.46. The first kappa shape index (κ1) is 25.0. The lowest BCUT2D eigenvalue weighted by molar-refractivity contribution is 0.818. The Labute approximate surface area is 180 Å². The highest BCUT2D eigenvalue weighted by atomic mass is 14.4. The Hall–Kier alpha value is -2.08. The summed E-state index contributed by atoms with van der Waals surface area (Å²) in [7, 11) is 0. The summed E-state index contributed by atoms with van der Waals surface area (Å²) in [6, 6.07) is 17.7. The lowest BCUT2D eigenvalue weighted by Crippen LogP contribution is -2.19. The Morgan fingerprint density at radius 3 is 1.28 bits per heavy atom. The molecule has 0 saturated carbocycles. The Morgan fingerprint density at radius 1 is 0.586 bits per heavy atom. The minimum Gasteiger partial charge on any atom is -0.0870 e. The van der Waals surface area contributed by atoms with E-state index in [4.69, 9.17) is 0 Å². The second kappa shape index (κ2) is 14.0. The fourth-order valence-corrected chi connectivity index (χ4v) is 3.59. The van der Waals surface area contributed by atoms with E-state index >= 15 is 0 Å². The first-order valence-corrected chi connectivity index (χ1v) is 11.7. The summed E-state index contributed by atoms with van der Waals surface area (Å²) in [4.78, 5) is 0. The molecule has 0 saturated heterocycles. The Morgan fingerprint density at radius 2 is 0.931 bits per heavy atom. The van der Waals surface area contributed by atoms with Crippen LogP contribution in [-0.2, 0) is 5.41 Å². The summed E-state index contributed by atoms with van der Waals surface area (Å²) in [6.07, 6.45) is 16.7. The first-order valence-electron chi connectivity index (χ1n) is 11.7. The van der Waals surface area contributed by atoms with E-state index in [-0.39, 0.29) is 5.41 Å². The standard InChI is InChI=1S/C23H26.2C3H8/c1-3-5-11-17-23(18-12-6-4-2)21-15-9-7-13-19(21)20-14-8-10-16-22(20)23;2*1-3-2/h7-18H,3-6H2,1-2H3;2*3H2,1-2H3. The average Bonchev–Trinajstić information content (AvgIpc) is 3.01. The molecule has 0 radical (unpaired) electrons. The monoisotopic (exact) mass is 390 g/mol. The molecule has 0 fully saturated rings. The molecule has 0 nitrogen and oxygen atoms in total. The van der Waals surface area contributed by atoms with Crippen LogP contribution in [0.2, 0.25) is 0 Å². The van der Waals surface area contributed by atoms with Gasteiger partial charge in [0.1, 0.15) is 0 Å². The molecule has 0 bridgehead atoms. The van der Waals surface area contributed by atoms with Crippen molar-refractivity contribution in [3.8, 4) is 11.1 Å². The number of hydrogen-bond acceptors (Lipinski definition) is 0. The predicted molar refractivity (Wildman–Crippen MR) is 133 cm³/mol. The first-order chi connectivity index (χ1) is 14.2. The van der Waals surface area contributed by atoms with Gasteiger partial charge < -0.3 is 0 Å². The number of rotatable bonds is 6. The molecular formula is C29H42. The fraction of sp³-hybridized carbons (Fsp3) is 0.448. The van der Waals surface area contributed by atoms with Crippen LogP contribution in [0.1, 0.15) is 91.2 Å². The van der Waals surface area contributed by atoms with Gasteiger partial charge in [0.2, 0.25) is 0 Å². The minimum absolute atomic E-state index is 0.0997. The van der Waals surface area contributed by atoms with Crippen molar-refractivity contribution in [2.75, 3.05) is 0 Å². The molecule has 0 unspecified atom stereocenters. The van der Waals surface area contributed by atoms with Crippen LogP contribution in [0.4, 0.5) is 0 Å². The Balaban J connectivity index is 0.000000626. The smallest absolute Gasteiger partial charge is 0.0574 e. The van der Waals surface area contributed by atoms with Crippen LogP contribution in [0, 0.1) is 0 Å². The lowest BCUT2D eigenvalue weighted by Gasteiger charge is -2.25. The zero-order chi connectivity index (χ0) is 21.5. The molecule has 0 atom stereocenters. The molecule has 1 aliphatic rings. The van der Waals surface area contributed by atoms with Crippen molar-refractivity contribution >= 4 is 0 Å². The van der Waals surface area contributed by atoms with Crippen LogP contribution in [0.25, 0.3) is 11.1 Å². The lowest BCUT2D eigenvalue weighted by atomic mass is 9.77.